The van der Waals surface area contributed by atoms with Crippen molar-refractivity contribution < 1.29 is 23.1 Å². The summed E-state index contributed by atoms with van der Waals surface area (Å²) in [6.45, 7) is 0.383. The van der Waals surface area contributed by atoms with E-state index in [4.69, 9.17) is 9.84 Å². The molecule has 0 aromatic carbocycles. The number of carboxylic acids is 1. The van der Waals surface area contributed by atoms with E-state index >= 15 is 0 Å². The van der Waals surface area contributed by atoms with E-state index < -0.39 is 22.0 Å². The standard InChI is InChI=1S/C9H17NO5S/c1-15-6-7-16(13,14)10-5-3-2-4-8(10)9(11)12/h8H,2-7H2,1H3,(H,11,12)/t8-/m1/s1. The molecule has 16 heavy (non-hydrogen) atoms. The maximum absolute atomic E-state index is 11.8. The van der Waals surface area contributed by atoms with Gasteiger partial charge in [-0.1, -0.05) is 0 Å². The van der Waals surface area contributed by atoms with Gasteiger partial charge in [-0.2, -0.15) is 4.31 Å². The van der Waals surface area contributed by atoms with Gasteiger partial charge < -0.3 is 9.84 Å². The fourth-order valence-electron chi connectivity index (χ4n) is 1.79. The van der Waals surface area contributed by atoms with Crippen molar-refractivity contribution in [2.45, 2.75) is 25.3 Å². The summed E-state index contributed by atoms with van der Waals surface area (Å²) in [7, 11) is -2.10. The molecular weight excluding hydrogens is 234 g/mol. The Morgan fingerprint density at radius 2 is 2.19 bits per heavy atom. The molecule has 0 spiro atoms. The lowest BCUT2D eigenvalue weighted by Gasteiger charge is -2.31. The van der Waals surface area contributed by atoms with Gasteiger partial charge in [0.15, 0.2) is 0 Å². The first kappa shape index (κ1) is 13.4. The van der Waals surface area contributed by atoms with E-state index in [-0.39, 0.29) is 12.4 Å². The van der Waals surface area contributed by atoms with Crippen molar-refractivity contribution in [3.8, 4) is 0 Å². The monoisotopic (exact) mass is 251 g/mol. The average molecular weight is 251 g/mol. The predicted molar refractivity (Wildman–Crippen MR) is 57.6 cm³/mol. The highest BCUT2D eigenvalue weighted by molar-refractivity contribution is 7.89. The summed E-state index contributed by atoms with van der Waals surface area (Å²) in [6, 6.07) is -0.907. The number of piperidine rings is 1. The van der Waals surface area contributed by atoms with Gasteiger partial charge in [-0.3, -0.25) is 4.79 Å². The maximum atomic E-state index is 11.8. The summed E-state index contributed by atoms with van der Waals surface area (Å²) >= 11 is 0. The Bertz CT molecular complexity index is 340. The topological polar surface area (TPSA) is 83.9 Å². The lowest BCUT2D eigenvalue weighted by atomic mass is 10.1. The lowest BCUT2D eigenvalue weighted by molar-refractivity contribution is -0.142. The van der Waals surface area contributed by atoms with Crippen LogP contribution in [-0.4, -0.2) is 55.9 Å². The van der Waals surface area contributed by atoms with Crippen molar-refractivity contribution in [2.24, 2.45) is 0 Å². The number of hydrogen-bond donors (Lipinski definition) is 1. The molecule has 7 heteroatoms. The molecule has 0 bridgehead atoms. The van der Waals surface area contributed by atoms with Crippen LogP contribution in [0, 0.1) is 0 Å². The molecule has 0 radical (unpaired) electrons. The van der Waals surface area contributed by atoms with E-state index in [1.807, 2.05) is 0 Å². The molecule has 1 aliphatic rings. The van der Waals surface area contributed by atoms with Crippen LogP contribution in [0.4, 0.5) is 0 Å². The van der Waals surface area contributed by atoms with Crippen molar-refractivity contribution in [1.29, 1.82) is 0 Å². The van der Waals surface area contributed by atoms with E-state index in [0.717, 1.165) is 17.1 Å². The van der Waals surface area contributed by atoms with Crippen LogP contribution in [0.2, 0.25) is 0 Å². The Balaban J connectivity index is 2.78. The van der Waals surface area contributed by atoms with Crippen LogP contribution >= 0.6 is 0 Å². The molecule has 1 saturated heterocycles. The molecule has 6 nitrogen and oxygen atoms in total. The smallest absolute Gasteiger partial charge is 0.322 e. The van der Waals surface area contributed by atoms with Gasteiger partial charge in [0.25, 0.3) is 0 Å². The molecule has 0 aliphatic carbocycles. The first-order valence-corrected chi connectivity index (χ1v) is 6.81. The first-order chi connectivity index (χ1) is 7.49. The Kier molecular flexibility index (Phi) is 4.69. The SMILES string of the molecule is COCCS(=O)(=O)N1CCCC[C@@H]1C(=O)O. The van der Waals surface area contributed by atoms with Crippen LogP contribution in [0.15, 0.2) is 0 Å². The lowest BCUT2D eigenvalue weighted by Crippen LogP contribution is -2.49. The van der Waals surface area contributed by atoms with E-state index in [1.165, 1.54) is 7.11 Å². The molecule has 1 rings (SSSR count). The summed E-state index contributed by atoms with van der Waals surface area (Å²) < 4.78 is 29.5. The number of methoxy groups -OCH3 is 1. The van der Waals surface area contributed by atoms with Crippen molar-refractivity contribution in [2.75, 3.05) is 26.0 Å². The summed E-state index contributed by atoms with van der Waals surface area (Å²) in [5, 5.41) is 8.96. The van der Waals surface area contributed by atoms with E-state index in [1.54, 1.807) is 0 Å². The second-order valence-electron chi connectivity index (χ2n) is 3.77. The molecule has 1 atom stereocenters. The van der Waals surface area contributed by atoms with Crippen molar-refractivity contribution in [1.82, 2.24) is 4.31 Å². The Morgan fingerprint density at radius 1 is 1.50 bits per heavy atom. The Labute approximate surface area is 95.2 Å². The number of sulfonamides is 1. The first-order valence-electron chi connectivity index (χ1n) is 5.20. The molecule has 1 N–H and O–H groups in total. The quantitative estimate of drug-likeness (QED) is 0.737. The van der Waals surface area contributed by atoms with Gasteiger partial charge in [-0.05, 0) is 19.3 Å². The molecule has 0 aromatic heterocycles. The van der Waals surface area contributed by atoms with Gasteiger partial charge in [0.1, 0.15) is 6.04 Å². The molecule has 94 valence electrons. The highest BCUT2D eigenvalue weighted by atomic mass is 32.2. The van der Waals surface area contributed by atoms with Crippen LogP contribution in [-0.2, 0) is 19.6 Å². The van der Waals surface area contributed by atoms with Crippen molar-refractivity contribution >= 4 is 16.0 Å². The Hall–Kier alpha value is -0.660. The number of rotatable bonds is 5. The van der Waals surface area contributed by atoms with Gasteiger partial charge in [-0.15, -0.1) is 0 Å². The third kappa shape index (κ3) is 3.16. The third-order valence-corrected chi connectivity index (χ3v) is 4.48. The fraction of sp³-hybridized carbons (Fsp3) is 0.889. The van der Waals surface area contributed by atoms with Gasteiger partial charge in [0.05, 0.1) is 12.4 Å². The number of nitrogens with zero attached hydrogens (tertiary/aromatic N) is 1. The summed E-state index contributed by atoms with van der Waals surface area (Å²) in [6.07, 6.45) is 1.87. The maximum Gasteiger partial charge on any atom is 0.322 e. The van der Waals surface area contributed by atoms with Crippen molar-refractivity contribution in [3.63, 3.8) is 0 Å². The van der Waals surface area contributed by atoms with E-state index in [2.05, 4.69) is 0 Å². The second kappa shape index (κ2) is 5.60. The fourth-order valence-corrected chi connectivity index (χ4v) is 3.39. The van der Waals surface area contributed by atoms with Crippen molar-refractivity contribution in [3.05, 3.63) is 0 Å². The minimum atomic E-state index is -3.51. The molecular formula is C9H17NO5S. The summed E-state index contributed by atoms with van der Waals surface area (Å²) in [5.74, 6) is -1.23. The van der Waals surface area contributed by atoms with Crippen LogP contribution in [0.3, 0.4) is 0 Å². The summed E-state index contributed by atoms with van der Waals surface area (Å²) in [5.41, 5.74) is 0. The molecule has 0 unspecified atom stereocenters. The minimum Gasteiger partial charge on any atom is -0.480 e. The molecule has 0 aromatic rings. The zero-order chi connectivity index (χ0) is 12.2. The molecule has 1 heterocycles. The van der Waals surface area contributed by atoms with Gasteiger partial charge >= 0.3 is 5.97 Å². The van der Waals surface area contributed by atoms with Gasteiger partial charge in [0.2, 0.25) is 10.0 Å². The average Bonchev–Trinajstić information content (AvgIpc) is 2.26. The van der Waals surface area contributed by atoms with Crippen LogP contribution in [0.5, 0.6) is 0 Å². The molecule has 1 aliphatic heterocycles. The molecule has 0 saturated carbocycles. The highest BCUT2D eigenvalue weighted by Crippen LogP contribution is 2.20. The Morgan fingerprint density at radius 3 is 2.75 bits per heavy atom. The number of carbonyl (C=O) groups is 1. The van der Waals surface area contributed by atoms with Crippen LogP contribution in [0.25, 0.3) is 0 Å². The number of aliphatic carboxylic acids is 1. The predicted octanol–water partition coefficient (Wildman–Crippen LogP) is -0.0983. The molecule has 1 fully saturated rings. The minimum absolute atomic E-state index is 0.0885. The number of ether oxygens (including phenoxy) is 1. The van der Waals surface area contributed by atoms with E-state index in [0.29, 0.717) is 13.0 Å². The molecule has 0 amide bonds. The van der Waals surface area contributed by atoms with Crippen LogP contribution in [0.1, 0.15) is 19.3 Å². The number of hydrogen-bond acceptors (Lipinski definition) is 4. The highest BCUT2D eigenvalue weighted by Gasteiger charge is 2.36. The van der Waals surface area contributed by atoms with Crippen LogP contribution < -0.4 is 0 Å². The zero-order valence-corrected chi connectivity index (χ0v) is 10.1. The third-order valence-electron chi connectivity index (χ3n) is 2.64. The number of carboxylic acid groups (broad SMARTS) is 1. The van der Waals surface area contributed by atoms with Gasteiger partial charge in [-0.25, -0.2) is 8.42 Å². The zero-order valence-electron chi connectivity index (χ0n) is 9.26. The normalized spacial score (nSPS) is 23.2. The summed E-state index contributed by atoms with van der Waals surface area (Å²) in [4.78, 5) is 10.9. The van der Waals surface area contributed by atoms with Gasteiger partial charge in [0, 0.05) is 13.7 Å². The second-order valence-corrected chi connectivity index (χ2v) is 5.81. The van der Waals surface area contributed by atoms with E-state index in [9.17, 15) is 13.2 Å². The largest absolute Gasteiger partial charge is 0.480 e.